The van der Waals surface area contributed by atoms with Gasteiger partial charge in [0.2, 0.25) is 5.75 Å². The average Bonchev–Trinajstić information content (AvgIpc) is 2.70. The van der Waals surface area contributed by atoms with E-state index in [-0.39, 0.29) is 5.56 Å². The first-order chi connectivity index (χ1) is 13.0. The molecule has 8 heteroatoms. The Morgan fingerprint density at radius 3 is 1.96 bits per heavy atom. The van der Waals surface area contributed by atoms with Crippen LogP contribution in [-0.2, 0) is 0 Å². The van der Waals surface area contributed by atoms with E-state index in [2.05, 4.69) is 10.9 Å². The maximum atomic E-state index is 12.4. The third-order valence-corrected chi connectivity index (χ3v) is 3.62. The van der Waals surface area contributed by atoms with Crippen molar-refractivity contribution in [3.8, 4) is 23.0 Å². The van der Waals surface area contributed by atoms with E-state index in [9.17, 15) is 9.59 Å². The Kier molecular flexibility index (Phi) is 6.87. The van der Waals surface area contributed by atoms with Crippen molar-refractivity contribution in [3.05, 3.63) is 47.5 Å². The fourth-order valence-corrected chi connectivity index (χ4v) is 2.36. The molecule has 27 heavy (non-hydrogen) atoms. The summed E-state index contributed by atoms with van der Waals surface area (Å²) in [5, 5.41) is 0. The zero-order valence-corrected chi connectivity index (χ0v) is 15.6. The minimum Gasteiger partial charge on any atom is -0.494 e. The lowest BCUT2D eigenvalue weighted by Gasteiger charge is -2.14. The summed E-state index contributed by atoms with van der Waals surface area (Å²) in [6.45, 7) is 2.34. The van der Waals surface area contributed by atoms with Crippen molar-refractivity contribution in [1.82, 2.24) is 10.9 Å². The minimum absolute atomic E-state index is 0.230. The molecule has 144 valence electrons. The van der Waals surface area contributed by atoms with Gasteiger partial charge in [0.1, 0.15) is 5.75 Å². The van der Waals surface area contributed by atoms with E-state index in [1.807, 2.05) is 6.92 Å². The molecule has 0 aliphatic carbocycles. The summed E-state index contributed by atoms with van der Waals surface area (Å²) in [5.74, 6) is 0.589. The number of benzene rings is 2. The highest BCUT2D eigenvalue weighted by molar-refractivity contribution is 5.99. The topological polar surface area (TPSA) is 95.1 Å². The number of carbonyl (C=O) groups is 2. The quantitative estimate of drug-likeness (QED) is 0.722. The number of nitrogens with one attached hydrogen (secondary N) is 2. The van der Waals surface area contributed by atoms with Crippen LogP contribution >= 0.6 is 0 Å². The van der Waals surface area contributed by atoms with Crippen molar-refractivity contribution < 1.29 is 28.5 Å². The van der Waals surface area contributed by atoms with Crippen molar-refractivity contribution in [2.45, 2.75) is 6.92 Å². The molecular formula is C19H22N2O6. The van der Waals surface area contributed by atoms with Gasteiger partial charge in [0.15, 0.2) is 11.5 Å². The predicted molar refractivity (Wildman–Crippen MR) is 98.6 cm³/mol. The molecule has 0 unspecified atom stereocenters. The molecule has 0 fully saturated rings. The number of carbonyl (C=O) groups excluding carboxylic acids is 2. The van der Waals surface area contributed by atoms with Gasteiger partial charge in [0.25, 0.3) is 11.8 Å². The fraction of sp³-hybridized carbons (Fsp3) is 0.263. The molecule has 0 saturated heterocycles. The molecule has 0 aliphatic rings. The number of methoxy groups -OCH3 is 3. The average molecular weight is 374 g/mol. The molecule has 2 N–H and O–H groups in total. The molecule has 0 atom stereocenters. The molecule has 0 aliphatic heterocycles. The molecule has 0 heterocycles. The first-order valence-corrected chi connectivity index (χ1v) is 8.17. The highest BCUT2D eigenvalue weighted by Crippen LogP contribution is 2.38. The first kappa shape index (κ1) is 19.9. The second kappa shape index (κ2) is 9.33. The van der Waals surface area contributed by atoms with E-state index in [1.54, 1.807) is 24.3 Å². The minimum atomic E-state index is -0.538. The van der Waals surface area contributed by atoms with Gasteiger partial charge in [-0.3, -0.25) is 20.4 Å². The van der Waals surface area contributed by atoms with Gasteiger partial charge in [-0.2, -0.15) is 0 Å². The second-order valence-corrected chi connectivity index (χ2v) is 5.28. The molecule has 0 bridgehead atoms. The Balaban J connectivity index is 2.11. The third kappa shape index (κ3) is 4.81. The highest BCUT2D eigenvalue weighted by Gasteiger charge is 2.17. The van der Waals surface area contributed by atoms with Crippen LogP contribution in [-0.4, -0.2) is 39.8 Å². The summed E-state index contributed by atoms with van der Waals surface area (Å²) >= 11 is 0. The maximum absolute atomic E-state index is 12.4. The van der Waals surface area contributed by atoms with Gasteiger partial charge in [-0.15, -0.1) is 0 Å². The largest absolute Gasteiger partial charge is 0.494 e. The van der Waals surface area contributed by atoms with Crippen LogP contribution in [0.25, 0.3) is 0 Å². The Morgan fingerprint density at radius 2 is 1.44 bits per heavy atom. The van der Waals surface area contributed by atoms with Crippen molar-refractivity contribution in [2.24, 2.45) is 0 Å². The van der Waals surface area contributed by atoms with Gasteiger partial charge >= 0.3 is 0 Å². The molecule has 0 spiro atoms. The molecular weight excluding hydrogens is 352 g/mol. The summed E-state index contributed by atoms with van der Waals surface area (Å²) in [6, 6.07) is 9.61. The van der Waals surface area contributed by atoms with Gasteiger partial charge in [-0.1, -0.05) is 6.07 Å². The van der Waals surface area contributed by atoms with E-state index >= 15 is 0 Å². The lowest BCUT2D eigenvalue weighted by molar-refractivity contribution is 0.0846. The molecule has 2 aromatic rings. The molecule has 0 aromatic heterocycles. The number of hydrogen-bond acceptors (Lipinski definition) is 6. The van der Waals surface area contributed by atoms with Crippen LogP contribution in [0.1, 0.15) is 27.6 Å². The van der Waals surface area contributed by atoms with Crippen molar-refractivity contribution in [2.75, 3.05) is 27.9 Å². The predicted octanol–water partition coefficient (Wildman–Crippen LogP) is 2.19. The van der Waals surface area contributed by atoms with Crippen LogP contribution in [0, 0.1) is 0 Å². The SMILES string of the molecule is CCOc1cccc(C(=O)NNC(=O)c2cc(OC)c(OC)c(OC)c2)c1. The van der Waals surface area contributed by atoms with E-state index in [1.165, 1.54) is 33.5 Å². The summed E-state index contributed by atoms with van der Waals surface area (Å²) in [7, 11) is 4.37. The Labute approximate surface area is 157 Å². The highest BCUT2D eigenvalue weighted by atomic mass is 16.5. The number of hydrogen-bond donors (Lipinski definition) is 2. The van der Waals surface area contributed by atoms with Gasteiger partial charge in [0.05, 0.1) is 27.9 Å². The van der Waals surface area contributed by atoms with Crippen LogP contribution in [0.2, 0.25) is 0 Å². The first-order valence-electron chi connectivity index (χ1n) is 8.17. The summed E-state index contributed by atoms with van der Waals surface area (Å²) < 4.78 is 21.0. The normalized spacial score (nSPS) is 9.93. The molecule has 8 nitrogen and oxygen atoms in total. The summed E-state index contributed by atoms with van der Waals surface area (Å²) in [4.78, 5) is 24.6. The van der Waals surface area contributed by atoms with Gasteiger partial charge in [-0.05, 0) is 37.3 Å². The smallest absolute Gasteiger partial charge is 0.269 e. The third-order valence-electron chi connectivity index (χ3n) is 3.62. The Morgan fingerprint density at radius 1 is 0.852 bits per heavy atom. The van der Waals surface area contributed by atoms with Crippen LogP contribution in [0.15, 0.2) is 36.4 Å². The summed E-state index contributed by atoms with van der Waals surface area (Å²) in [6.07, 6.45) is 0. The number of amides is 2. The number of hydrazine groups is 1. The van der Waals surface area contributed by atoms with Crippen molar-refractivity contribution in [3.63, 3.8) is 0 Å². The van der Waals surface area contributed by atoms with E-state index < -0.39 is 11.8 Å². The Hall–Kier alpha value is -3.42. The zero-order chi connectivity index (χ0) is 19.8. The lowest BCUT2D eigenvalue weighted by Crippen LogP contribution is -2.41. The van der Waals surface area contributed by atoms with Gasteiger partial charge in [0, 0.05) is 11.1 Å². The summed E-state index contributed by atoms with van der Waals surface area (Å²) in [5.41, 5.74) is 5.30. The van der Waals surface area contributed by atoms with E-state index in [0.29, 0.717) is 35.2 Å². The van der Waals surface area contributed by atoms with Crippen LogP contribution in [0.3, 0.4) is 0 Å². The van der Waals surface area contributed by atoms with Gasteiger partial charge < -0.3 is 18.9 Å². The monoisotopic (exact) mass is 374 g/mol. The van der Waals surface area contributed by atoms with Crippen LogP contribution in [0.5, 0.6) is 23.0 Å². The maximum Gasteiger partial charge on any atom is 0.269 e. The Bertz CT molecular complexity index is 797. The zero-order valence-electron chi connectivity index (χ0n) is 15.6. The molecule has 0 saturated carbocycles. The fourth-order valence-electron chi connectivity index (χ4n) is 2.36. The van der Waals surface area contributed by atoms with E-state index in [0.717, 1.165) is 0 Å². The number of ether oxygens (including phenoxy) is 4. The lowest BCUT2D eigenvalue weighted by atomic mass is 10.1. The second-order valence-electron chi connectivity index (χ2n) is 5.28. The molecule has 0 radical (unpaired) electrons. The molecule has 2 aromatic carbocycles. The number of rotatable bonds is 7. The van der Waals surface area contributed by atoms with Crippen LogP contribution in [0.4, 0.5) is 0 Å². The van der Waals surface area contributed by atoms with E-state index in [4.69, 9.17) is 18.9 Å². The van der Waals surface area contributed by atoms with Gasteiger partial charge in [-0.25, -0.2) is 0 Å². The van der Waals surface area contributed by atoms with Crippen LogP contribution < -0.4 is 29.8 Å². The van der Waals surface area contributed by atoms with Crippen molar-refractivity contribution >= 4 is 11.8 Å². The molecule has 2 rings (SSSR count). The standard InChI is InChI=1S/C19H22N2O6/c1-5-27-14-8-6-7-12(9-14)18(22)20-21-19(23)13-10-15(24-2)17(26-4)16(11-13)25-3/h6-11H,5H2,1-4H3,(H,20,22)(H,21,23). The van der Waals surface area contributed by atoms with Crippen molar-refractivity contribution in [1.29, 1.82) is 0 Å². The molecule has 2 amide bonds.